The zero-order chi connectivity index (χ0) is 14.4. The van der Waals surface area contributed by atoms with Crippen LogP contribution in [0.2, 0.25) is 0 Å². The van der Waals surface area contributed by atoms with Crippen LogP contribution < -0.4 is 5.73 Å². The van der Waals surface area contributed by atoms with E-state index < -0.39 is 0 Å². The summed E-state index contributed by atoms with van der Waals surface area (Å²) in [6.45, 7) is 1.87. The van der Waals surface area contributed by atoms with E-state index in [2.05, 4.69) is 19.5 Å². The number of aromatic nitrogens is 4. The van der Waals surface area contributed by atoms with Gasteiger partial charge in [-0.05, 0) is 36.0 Å². The third-order valence-corrected chi connectivity index (χ3v) is 4.71. The van der Waals surface area contributed by atoms with E-state index in [1.165, 1.54) is 11.5 Å². The Morgan fingerprint density at radius 2 is 2.24 bits per heavy atom. The van der Waals surface area contributed by atoms with Crippen LogP contribution in [0.1, 0.15) is 5.69 Å². The monoisotopic (exact) mass is 315 g/mol. The molecule has 6 nitrogen and oxygen atoms in total. The maximum Gasteiger partial charge on any atom is 0.263 e. The second-order valence-electron chi connectivity index (χ2n) is 4.46. The van der Waals surface area contributed by atoms with E-state index in [-0.39, 0.29) is 0 Å². The summed E-state index contributed by atoms with van der Waals surface area (Å²) in [6, 6.07) is 3.98. The molecule has 104 valence electrons. The average molecular weight is 315 g/mol. The van der Waals surface area contributed by atoms with Gasteiger partial charge >= 0.3 is 0 Å². The van der Waals surface area contributed by atoms with Crippen molar-refractivity contribution in [2.45, 2.75) is 6.92 Å². The average Bonchev–Trinajstić information content (AvgIpc) is 3.18. The topological polar surface area (TPSA) is 90.7 Å². The van der Waals surface area contributed by atoms with E-state index in [1.807, 2.05) is 24.4 Å². The number of nitrogens with zero attached hydrogens (tertiary/aromatic N) is 4. The number of pyridine rings is 1. The molecular weight excluding hydrogens is 306 g/mol. The van der Waals surface area contributed by atoms with Gasteiger partial charge in [0.15, 0.2) is 0 Å². The molecule has 21 heavy (non-hydrogen) atoms. The van der Waals surface area contributed by atoms with Gasteiger partial charge < -0.3 is 10.3 Å². The van der Waals surface area contributed by atoms with Crippen LogP contribution in [0.15, 0.2) is 28.2 Å². The zero-order valence-electron chi connectivity index (χ0n) is 10.9. The first-order chi connectivity index (χ1) is 10.2. The molecule has 0 unspecified atom stereocenters. The minimum atomic E-state index is 0.389. The maximum absolute atomic E-state index is 5.90. The summed E-state index contributed by atoms with van der Waals surface area (Å²) >= 11 is 2.85. The molecule has 0 saturated carbocycles. The Kier molecular flexibility index (Phi) is 2.72. The SMILES string of the molecule is Cc1nsc(N)c1-c1nc(-c2cnc3ccsc3c2)no1. The van der Waals surface area contributed by atoms with Crippen molar-refractivity contribution in [3.63, 3.8) is 0 Å². The van der Waals surface area contributed by atoms with Crippen molar-refractivity contribution in [3.8, 4) is 22.8 Å². The number of aryl methyl sites for hydroxylation is 1. The van der Waals surface area contributed by atoms with Gasteiger partial charge in [-0.1, -0.05) is 5.16 Å². The maximum atomic E-state index is 5.90. The Labute approximate surface area is 127 Å². The molecule has 0 aliphatic heterocycles. The molecule has 4 aromatic heterocycles. The summed E-state index contributed by atoms with van der Waals surface area (Å²) in [7, 11) is 0. The largest absolute Gasteiger partial charge is 0.389 e. The van der Waals surface area contributed by atoms with Crippen molar-refractivity contribution >= 4 is 38.1 Å². The smallest absolute Gasteiger partial charge is 0.263 e. The molecule has 0 amide bonds. The summed E-state index contributed by atoms with van der Waals surface area (Å²) in [5, 5.41) is 6.60. The molecular formula is C13H9N5OS2. The van der Waals surface area contributed by atoms with Crippen molar-refractivity contribution in [2.75, 3.05) is 5.73 Å². The van der Waals surface area contributed by atoms with E-state index >= 15 is 0 Å². The molecule has 8 heteroatoms. The number of hydrogen-bond acceptors (Lipinski definition) is 8. The Morgan fingerprint density at radius 1 is 1.33 bits per heavy atom. The summed E-state index contributed by atoms with van der Waals surface area (Å²) in [5.74, 6) is 0.887. The Morgan fingerprint density at radius 3 is 3.05 bits per heavy atom. The number of rotatable bonds is 2. The third-order valence-electron chi connectivity index (χ3n) is 3.09. The first-order valence-corrected chi connectivity index (χ1v) is 7.77. The normalized spacial score (nSPS) is 11.3. The Hall–Kier alpha value is -2.32. The van der Waals surface area contributed by atoms with Crippen LogP contribution in [0, 0.1) is 6.92 Å². The van der Waals surface area contributed by atoms with Gasteiger partial charge in [-0.3, -0.25) is 4.98 Å². The summed E-state index contributed by atoms with van der Waals surface area (Å²) in [5.41, 5.74) is 9.19. The number of thiophene rings is 1. The molecule has 0 spiro atoms. The molecule has 0 fully saturated rings. The van der Waals surface area contributed by atoms with Gasteiger partial charge in [0.1, 0.15) is 5.00 Å². The lowest BCUT2D eigenvalue weighted by Gasteiger charge is -1.94. The van der Waals surface area contributed by atoms with Gasteiger partial charge in [-0.15, -0.1) is 11.3 Å². The number of nitrogen functional groups attached to an aromatic ring is 1. The number of anilines is 1. The van der Waals surface area contributed by atoms with Crippen LogP contribution in [0.3, 0.4) is 0 Å². The lowest BCUT2D eigenvalue weighted by molar-refractivity contribution is 0.432. The highest BCUT2D eigenvalue weighted by Gasteiger charge is 2.18. The first-order valence-electron chi connectivity index (χ1n) is 6.12. The minimum absolute atomic E-state index is 0.389. The minimum Gasteiger partial charge on any atom is -0.389 e. The predicted octanol–water partition coefficient (Wildman–Crippen LogP) is 3.36. The molecule has 0 aromatic carbocycles. The van der Waals surface area contributed by atoms with Crippen LogP contribution in [-0.2, 0) is 0 Å². The molecule has 0 radical (unpaired) electrons. The molecule has 4 rings (SSSR count). The number of hydrogen-bond donors (Lipinski definition) is 1. The number of nitrogens with two attached hydrogens (primary N) is 1. The van der Waals surface area contributed by atoms with Crippen molar-refractivity contribution in [1.82, 2.24) is 19.5 Å². The van der Waals surface area contributed by atoms with E-state index in [0.717, 1.165) is 21.5 Å². The summed E-state index contributed by atoms with van der Waals surface area (Å²) < 4.78 is 10.6. The van der Waals surface area contributed by atoms with Crippen LogP contribution in [0.25, 0.3) is 33.1 Å². The van der Waals surface area contributed by atoms with Gasteiger partial charge in [0.2, 0.25) is 5.82 Å². The highest BCUT2D eigenvalue weighted by atomic mass is 32.1. The molecule has 0 atom stereocenters. The molecule has 4 aromatic rings. The fraction of sp³-hybridized carbons (Fsp3) is 0.0769. The standard InChI is InChI=1S/C13H9N5OS2/c1-6-10(11(14)21-18-6)13-16-12(17-19-13)7-4-9-8(15-5-7)2-3-20-9/h2-5H,14H2,1H3. The number of fused-ring (bicyclic) bond motifs is 1. The van der Waals surface area contributed by atoms with Crippen molar-refractivity contribution in [2.24, 2.45) is 0 Å². The lowest BCUT2D eigenvalue weighted by Crippen LogP contribution is -1.87. The predicted molar refractivity (Wildman–Crippen MR) is 83.2 cm³/mol. The van der Waals surface area contributed by atoms with Crippen LogP contribution in [0.4, 0.5) is 5.00 Å². The van der Waals surface area contributed by atoms with E-state index in [9.17, 15) is 0 Å². The van der Waals surface area contributed by atoms with Crippen LogP contribution in [-0.4, -0.2) is 19.5 Å². The van der Waals surface area contributed by atoms with Crippen molar-refractivity contribution in [1.29, 1.82) is 0 Å². The molecule has 0 aliphatic rings. The first kappa shape index (κ1) is 12.4. The van der Waals surface area contributed by atoms with E-state index in [0.29, 0.717) is 22.3 Å². The Balaban J connectivity index is 1.80. The fourth-order valence-corrected chi connectivity index (χ4v) is 3.49. The van der Waals surface area contributed by atoms with E-state index in [4.69, 9.17) is 10.3 Å². The zero-order valence-corrected chi connectivity index (χ0v) is 12.5. The lowest BCUT2D eigenvalue weighted by atomic mass is 10.2. The second kappa shape index (κ2) is 4.61. The molecule has 4 heterocycles. The van der Waals surface area contributed by atoms with Gasteiger partial charge in [-0.25, -0.2) is 0 Å². The highest BCUT2D eigenvalue weighted by molar-refractivity contribution is 7.17. The van der Waals surface area contributed by atoms with Crippen LogP contribution >= 0.6 is 22.9 Å². The molecule has 2 N–H and O–H groups in total. The van der Waals surface area contributed by atoms with Crippen molar-refractivity contribution < 1.29 is 4.52 Å². The van der Waals surface area contributed by atoms with Gasteiger partial charge in [0.05, 0.1) is 21.5 Å². The van der Waals surface area contributed by atoms with E-state index in [1.54, 1.807) is 17.5 Å². The van der Waals surface area contributed by atoms with Gasteiger partial charge in [0.25, 0.3) is 5.89 Å². The molecule has 0 aliphatic carbocycles. The summed E-state index contributed by atoms with van der Waals surface area (Å²) in [4.78, 5) is 8.79. The fourth-order valence-electron chi connectivity index (χ4n) is 2.06. The van der Waals surface area contributed by atoms with Crippen LogP contribution in [0.5, 0.6) is 0 Å². The van der Waals surface area contributed by atoms with Gasteiger partial charge in [-0.2, -0.15) is 9.36 Å². The second-order valence-corrected chi connectivity index (χ2v) is 6.21. The quantitative estimate of drug-likeness (QED) is 0.610. The Bertz CT molecular complexity index is 920. The third kappa shape index (κ3) is 1.99. The van der Waals surface area contributed by atoms with Gasteiger partial charge in [0, 0.05) is 11.8 Å². The van der Waals surface area contributed by atoms with Crippen molar-refractivity contribution in [3.05, 3.63) is 29.4 Å². The molecule has 0 saturated heterocycles. The summed E-state index contributed by atoms with van der Waals surface area (Å²) in [6.07, 6.45) is 1.74. The highest BCUT2D eigenvalue weighted by Crippen LogP contribution is 2.32. The molecule has 0 bridgehead atoms.